The molecule has 7 heteroatoms. The first-order valence-corrected chi connectivity index (χ1v) is 11.0. The van der Waals surface area contributed by atoms with Gasteiger partial charge in [-0.3, -0.25) is 14.5 Å². The molecule has 1 atom stereocenters. The van der Waals surface area contributed by atoms with Gasteiger partial charge in [0.2, 0.25) is 0 Å². The molecule has 4 rings (SSSR count). The second-order valence-corrected chi connectivity index (χ2v) is 8.43. The fraction of sp³-hybridized carbons (Fsp3) is 0.435. The number of hydrogen-bond acceptors (Lipinski definition) is 4. The molecule has 30 heavy (non-hydrogen) atoms. The van der Waals surface area contributed by atoms with E-state index in [1.165, 1.54) is 12.8 Å². The molecule has 0 radical (unpaired) electrons. The molecule has 2 aromatic heterocycles. The molecule has 0 aliphatic carbocycles. The Morgan fingerprint density at radius 3 is 2.87 bits per heavy atom. The van der Waals surface area contributed by atoms with E-state index in [0.717, 1.165) is 47.4 Å². The van der Waals surface area contributed by atoms with Crippen LogP contribution in [0.25, 0.3) is 10.9 Å². The Morgan fingerprint density at radius 2 is 2.17 bits per heavy atom. The SMILES string of the molecule is CCn1ncc(CN(C)C(=O)c2cc(C3CCCCN3)nc3ccc(Cl)cc23)c1C. The molecule has 0 spiro atoms. The number of nitrogens with zero attached hydrogens (tertiary/aromatic N) is 4. The summed E-state index contributed by atoms with van der Waals surface area (Å²) < 4.78 is 1.95. The third-order valence-electron chi connectivity index (χ3n) is 5.95. The topological polar surface area (TPSA) is 63.1 Å². The Hall–Kier alpha value is -2.44. The first kappa shape index (κ1) is 20.8. The van der Waals surface area contributed by atoms with E-state index in [9.17, 15) is 4.79 Å². The van der Waals surface area contributed by atoms with Gasteiger partial charge in [0, 0.05) is 47.8 Å². The zero-order valence-electron chi connectivity index (χ0n) is 17.8. The summed E-state index contributed by atoms with van der Waals surface area (Å²) in [4.78, 5) is 20.1. The molecule has 1 saturated heterocycles. The highest BCUT2D eigenvalue weighted by Gasteiger charge is 2.22. The van der Waals surface area contributed by atoms with Crippen molar-refractivity contribution < 1.29 is 4.79 Å². The van der Waals surface area contributed by atoms with E-state index in [-0.39, 0.29) is 11.9 Å². The third kappa shape index (κ3) is 4.07. The van der Waals surface area contributed by atoms with Crippen LogP contribution < -0.4 is 5.32 Å². The maximum absolute atomic E-state index is 13.5. The number of amides is 1. The number of carbonyl (C=O) groups excluding carboxylic acids is 1. The summed E-state index contributed by atoms with van der Waals surface area (Å²) in [6, 6.07) is 7.69. The predicted octanol–water partition coefficient (Wildman–Crippen LogP) is 4.50. The van der Waals surface area contributed by atoms with Crippen molar-refractivity contribution in [1.29, 1.82) is 0 Å². The molecule has 0 saturated carbocycles. The van der Waals surface area contributed by atoms with Gasteiger partial charge < -0.3 is 10.2 Å². The van der Waals surface area contributed by atoms with Gasteiger partial charge in [0.15, 0.2) is 0 Å². The van der Waals surface area contributed by atoms with Gasteiger partial charge in [0.05, 0.1) is 23.0 Å². The van der Waals surface area contributed by atoms with Crippen LogP contribution in [0.5, 0.6) is 0 Å². The predicted molar refractivity (Wildman–Crippen MR) is 120 cm³/mol. The molecule has 0 bridgehead atoms. The lowest BCUT2D eigenvalue weighted by Crippen LogP contribution is -2.29. The minimum Gasteiger partial charge on any atom is -0.337 e. The Kier molecular flexibility index (Phi) is 6.06. The van der Waals surface area contributed by atoms with Crippen molar-refractivity contribution in [2.45, 2.75) is 52.2 Å². The van der Waals surface area contributed by atoms with E-state index in [2.05, 4.69) is 17.3 Å². The minimum atomic E-state index is -0.0367. The van der Waals surface area contributed by atoms with Gasteiger partial charge in [-0.15, -0.1) is 0 Å². The van der Waals surface area contributed by atoms with Gasteiger partial charge in [-0.05, 0) is 57.5 Å². The van der Waals surface area contributed by atoms with E-state index in [0.29, 0.717) is 17.1 Å². The van der Waals surface area contributed by atoms with Crippen LogP contribution in [0.1, 0.15) is 59.5 Å². The van der Waals surface area contributed by atoms with Crippen molar-refractivity contribution in [2.24, 2.45) is 0 Å². The standard InChI is InChI=1S/C23H28ClN5O/c1-4-29-15(2)16(13-26-29)14-28(3)23(30)19-12-22(21-7-5-6-10-25-21)27-20-9-8-17(24)11-18(19)20/h8-9,11-13,21,25H,4-7,10,14H2,1-3H3. The molecule has 1 unspecified atom stereocenters. The first-order valence-electron chi connectivity index (χ1n) is 10.6. The number of fused-ring (bicyclic) bond motifs is 1. The molecule has 158 valence electrons. The molecule has 1 aromatic carbocycles. The summed E-state index contributed by atoms with van der Waals surface area (Å²) in [5.74, 6) is -0.0367. The summed E-state index contributed by atoms with van der Waals surface area (Å²) >= 11 is 6.26. The maximum Gasteiger partial charge on any atom is 0.254 e. The number of pyridine rings is 1. The van der Waals surface area contributed by atoms with Crippen LogP contribution in [0, 0.1) is 6.92 Å². The number of aromatic nitrogens is 3. The molecule has 3 heterocycles. The fourth-order valence-electron chi connectivity index (χ4n) is 4.17. The Bertz CT molecular complexity index is 1070. The number of aryl methyl sites for hydroxylation is 1. The average molecular weight is 426 g/mol. The normalized spacial score (nSPS) is 16.7. The van der Waals surface area contributed by atoms with Gasteiger partial charge >= 0.3 is 0 Å². The highest BCUT2D eigenvalue weighted by atomic mass is 35.5. The molecular formula is C23H28ClN5O. The largest absolute Gasteiger partial charge is 0.337 e. The minimum absolute atomic E-state index is 0.0367. The Balaban J connectivity index is 1.70. The number of nitrogens with one attached hydrogen (secondary N) is 1. The molecule has 1 aliphatic heterocycles. The van der Waals surface area contributed by atoms with Crippen molar-refractivity contribution in [2.75, 3.05) is 13.6 Å². The second kappa shape index (κ2) is 8.74. The summed E-state index contributed by atoms with van der Waals surface area (Å²) in [5, 5.41) is 9.33. The van der Waals surface area contributed by atoms with E-state index in [1.54, 1.807) is 4.90 Å². The highest BCUT2D eigenvalue weighted by Crippen LogP contribution is 2.29. The van der Waals surface area contributed by atoms with Gasteiger partial charge in [0.1, 0.15) is 0 Å². The van der Waals surface area contributed by atoms with Crippen LogP contribution in [0.15, 0.2) is 30.5 Å². The number of rotatable bonds is 5. The van der Waals surface area contributed by atoms with Gasteiger partial charge in [-0.25, -0.2) is 0 Å². The lowest BCUT2D eigenvalue weighted by Gasteiger charge is -2.25. The monoisotopic (exact) mass is 425 g/mol. The Labute approximate surface area is 182 Å². The molecule has 1 amide bonds. The number of halogens is 1. The number of hydrogen-bond donors (Lipinski definition) is 1. The van der Waals surface area contributed by atoms with Crippen molar-refractivity contribution >= 4 is 28.4 Å². The zero-order chi connectivity index (χ0) is 21.3. The van der Waals surface area contributed by atoms with Gasteiger partial charge in [0.25, 0.3) is 5.91 Å². The summed E-state index contributed by atoms with van der Waals surface area (Å²) in [7, 11) is 1.83. The van der Waals surface area contributed by atoms with Crippen LogP contribution in [0.3, 0.4) is 0 Å². The van der Waals surface area contributed by atoms with E-state index in [4.69, 9.17) is 16.6 Å². The van der Waals surface area contributed by atoms with E-state index in [1.807, 2.05) is 49.1 Å². The summed E-state index contributed by atoms with van der Waals surface area (Å²) in [6.07, 6.45) is 5.23. The molecule has 1 N–H and O–H groups in total. The molecule has 6 nitrogen and oxygen atoms in total. The summed E-state index contributed by atoms with van der Waals surface area (Å²) in [6.45, 7) is 6.40. The lowest BCUT2D eigenvalue weighted by atomic mass is 9.98. The number of piperidine rings is 1. The number of carbonyl (C=O) groups is 1. The van der Waals surface area contributed by atoms with Crippen molar-refractivity contribution in [1.82, 2.24) is 25.0 Å². The van der Waals surface area contributed by atoms with Crippen LogP contribution in [-0.2, 0) is 13.1 Å². The molecule has 1 fully saturated rings. The van der Waals surface area contributed by atoms with E-state index < -0.39 is 0 Å². The van der Waals surface area contributed by atoms with E-state index >= 15 is 0 Å². The quantitative estimate of drug-likeness (QED) is 0.653. The Morgan fingerprint density at radius 1 is 1.33 bits per heavy atom. The third-order valence-corrected chi connectivity index (χ3v) is 6.18. The van der Waals surface area contributed by atoms with Crippen LogP contribution >= 0.6 is 11.6 Å². The fourth-order valence-corrected chi connectivity index (χ4v) is 4.34. The maximum atomic E-state index is 13.5. The van der Waals surface area contributed by atoms with Crippen LogP contribution in [0.4, 0.5) is 0 Å². The van der Waals surface area contributed by atoms with Crippen LogP contribution in [-0.4, -0.2) is 39.2 Å². The average Bonchev–Trinajstić information content (AvgIpc) is 3.12. The summed E-state index contributed by atoms with van der Waals surface area (Å²) in [5.41, 5.74) is 4.52. The first-order chi connectivity index (χ1) is 14.5. The molecular weight excluding hydrogens is 398 g/mol. The zero-order valence-corrected chi connectivity index (χ0v) is 18.5. The van der Waals surface area contributed by atoms with Crippen molar-refractivity contribution in [3.63, 3.8) is 0 Å². The smallest absolute Gasteiger partial charge is 0.254 e. The highest BCUT2D eigenvalue weighted by molar-refractivity contribution is 6.31. The second-order valence-electron chi connectivity index (χ2n) is 7.99. The van der Waals surface area contributed by atoms with Crippen molar-refractivity contribution in [3.05, 3.63) is 58.0 Å². The lowest BCUT2D eigenvalue weighted by molar-refractivity contribution is 0.0786. The molecule has 1 aliphatic rings. The van der Waals surface area contributed by atoms with Crippen molar-refractivity contribution in [3.8, 4) is 0 Å². The van der Waals surface area contributed by atoms with Crippen LogP contribution in [0.2, 0.25) is 5.02 Å². The van der Waals surface area contributed by atoms with Gasteiger partial charge in [-0.1, -0.05) is 18.0 Å². The molecule has 3 aromatic rings. The van der Waals surface area contributed by atoms with Gasteiger partial charge in [-0.2, -0.15) is 5.10 Å². The number of benzene rings is 1.